The van der Waals surface area contributed by atoms with Gasteiger partial charge in [-0.25, -0.2) is 18.1 Å². The molecule has 5 nitrogen and oxygen atoms in total. The van der Waals surface area contributed by atoms with Gasteiger partial charge in [-0.1, -0.05) is 11.6 Å². The third kappa shape index (κ3) is 2.02. The van der Waals surface area contributed by atoms with Crippen molar-refractivity contribution in [2.45, 2.75) is 18.8 Å². The summed E-state index contributed by atoms with van der Waals surface area (Å²) in [5, 5.41) is 0.0865. The highest BCUT2D eigenvalue weighted by atomic mass is 35.5. The minimum Gasteiger partial charge on any atom is -0.262 e. The molecule has 2 heterocycles. The molecule has 0 aromatic carbocycles. The van der Waals surface area contributed by atoms with Gasteiger partial charge in [0.25, 0.3) is 5.92 Å². The standard InChI is InChI=1S/C10H10ClF2N3O2S/c1-16-9-8(15-19(16,17)18)5(3-7(11)14-9)2-6-4-10(6,12)13/h3,6,15H,2,4H2,1H3. The SMILES string of the molecule is CN1c2nc(Cl)cc(CC3CC3(F)F)c2NS1(=O)=O. The highest BCUT2D eigenvalue weighted by molar-refractivity contribution is 7.94. The number of alkyl halides is 2. The molecule has 104 valence electrons. The molecule has 1 atom stereocenters. The Hall–Kier alpha value is -1.15. The van der Waals surface area contributed by atoms with Gasteiger partial charge in [0.05, 0.1) is 5.69 Å². The van der Waals surface area contributed by atoms with Crippen LogP contribution in [-0.2, 0) is 16.6 Å². The second-order valence-electron chi connectivity index (χ2n) is 4.74. The number of hydrogen-bond donors (Lipinski definition) is 1. The van der Waals surface area contributed by atoms with Crippen molar-refractivity contribution in [2.75, 3.05) is 16.1 Å². The third-order valence-electron chi connectivity index (χ3n) is 3.36. The molecule has 3 rings (SSSR count). The van der Waals surface area contributed by atoms with E-state index in [0.29, 0.717) is 5.56 Å². The Morgan fingerprint density at radius 1 is 1.63 bits per heavy atom. The van der Waals surface area contributed by atoms with Crippen LogP contribution in [0.2, 0.25) is 5.15 Å². The van der Waals surface area contributed by atoms with Gasteiger partial charge in [0.1, 0.15) is 5.15 Å². The van der Waals surface area contributed by atoms with Gasteiger partial charge >= 0.3 is 10.2 Å². The first kappa shape index (κ1) is 12.9. The van der Waals surface area contributed by atoms with Crippen molar-refractivity contribution < 1.29 is 17.2 Å². The number of fused-ring (bicyclic) bond motifs is 1. The van der Waals surface area contributed by atoms with Gasteiger partial charge in [-0.2, -0.15) is 8.42 Å². The van der Waals surface area contributed by atoms with E-state index in [2.05, 4.69) is 9.71 Å². The molecule has 0 saturated heterocycles. The molecule has 0 bridgehead atoms. The van der Waals surface area contributed by atoms with Gasteiger partial charge in [-0.3, -0.25) is 4.72 Å². The number of nitrogens with zero attached hydrogens (tertiary/aromatic N) is 2. The van der Waals surface area contributed by atoms with Crippen LogP contribution >= 0.6 is 11.6 Å². The highest BCUT2D eigenvalue weighted by Gasteiger charge is 2.56. The van der Waals surface area contributed by atoms with E-state index in [1.54, 1.807) is 0 Å². The topological polar surface area (TPSA) is 62.3 Å². The maximum atomic E-state index is 13.0. The molecule has 19 heavy (non-hydrogen) atoms. The van der Waals surface area contributed by atoms with Crippen molar-refractivity contribution >= 4 is 33.3 Å². The Kier molecular flexibility index (Phi) is 2.50. The van der Waals surface area contributed by atoms with Crippen LogP contribution < -0.4 is 9.03 Å². The van der Waals surface area contributed by atoms with Crippen LogP contribution in [0.3, 0.4) is 0 Å². The lowest BCUT2D eigenvalue weighted by Gasteiger charge is -2.09. The Balaban J connectivity index is 2.02. The predicted molar refractivity (Wildman–Crippen MR) is 67.0 cm³/mol. The van der Waals surface area contributed by atoms with Gasteiger partial charge in [0.15, 0.2) is 5.82 Å². The van der Waals surface area contributed by atoms with Gasteiger partial charge in [0, 0.05) is 19.4 Å². The number of halogens is 3. The Bertz CT molecular complexity index is 665. The smallest absolute Gasteiger partial charge is 0.262 e. The number of rotatable bonds is 2. The van der Waals surface area contributed by atoms with Crippen molar-refractivity contribution in [1.82, 2.24) is 4.98 Å². The normalized spacial score (nSPS) is 25.9. The molecule has 0 amide bonds. The highest BCUT2D eigenvalue weighted by Crippen LogP contribution is 2.51. The summed E-state index contributed by atoms with van der Waals surface area (Å²) in [7, 11) is -2.37. The lowest BCUT2D eigenvalue weighted by Crippen LogP contribution is -2.25. The summed E-state index contributed by atoms with van der Waals surface area (Å²) in [5.41, 5.74) is 0.694. The van der Waals surface area contributed by atoms with E-state index in [-0.39, 0.29) is 29.5 Å². The molecule has 1 N–H and O–H groups in total. The largest absolute Gasteiger partial charge is 0.325 e. The van der Waals surface area contributed by atoms with Gasteiger partial charge in [0.2, 0.25) is 0 Å². The summed E-state index contributed by atoms with van der Waals surface area (Å²) in [6, 6.07) is 1.43. The summed E-state index contributed by atoms with van der Waals surface area (Å²) < 4.78 is 52.6. The van der Waals surface area contributed by atoms with Gasteiger partial charge in [-0.05, 0) is 18.1 Å². The second-order valence-corrected chi connectivity index (χ2v) is 6.83. The molecule has 1 aliphatic heterocycles. The molecule has 2 aliphatic rings. The van der Waals surface area contributed by atoms with Crippen LogP contribution in [-0.4, -0.2) is 26.4 Å². The van der Waals surface area contributed by atoms with Gasteiger partial charge < -0.3 is 0 Å². The van der Waals surface area contributed by atoms with Gasteiger partial charge in [-0.15, -0.1) is 0 Å². The van der Waals surface area contributed by atoms with E-state index in [9.17, 15) is 17.2 Å². The average molecular weight is 310 g/mol. The molecule has 9 heteroatoms. The van der Waals surface area contributed by atoms with Crippen LogP contribution in [0, 0.1) is 5.92 Å². The van der Waals surface area contributed by atoms with Crippen LogP contribution in [0.1, 0.15) is 12.0 Å². The minimum absolute atomic E-state index is 0.0773. The Morgan fingerprint density at radius 3 is 2.84 bits per heavy atom. The van der Waals surface area contributed by atoms with Crippen molar-refractivity contribution in [3.8, 4) is 0 Å². The maximum Gasteiger partial charge on any atom is 0.325 e. The molecule has 0 radical (unpaired) electrons. The molecule has 1 saturated carbocycles. The number of pyridine rings is 1. The summed E-state index contributed by atoms with van der Waals surface area (Å²) in [6.45, 7) is 0. The monoisotopic (exact) mass is 309 g/mol. The molecule has 1 unspecified atom stereocenters. The van der Waals surface area contributed by atoms with Crippen LogP contribution in [0.4, 0.5) is 20.3 Å². The number of nitrogens with one attached hydrogen (secondary N) is 1. The van der Waals surface area contributed by atoms with Crippen LogP contribution in [0.15, 0.2) is 6.07 Å². The molecule has 0 spiro atoms. The molecule has 1 fully saturated rings. The van der Waals surface area contributed by atoms with E-state index in [1.165, 1.54) is 13.1 Å². The quantitative estimate of drug-likeness (QED) is 0.850. The molecule has 1 aliphatic carbocycles. The fourth-order valence-electron chi connectivity index (χ4n) is 2.12. The second kappa shape index (κ2) is 3.69. The first-order valence-electron chi connectivity index (χ1n) is 5.54. The predicted octanol–water partition coefficient (Wildman–Crippen LogP) is 2.04. The van der Waals surface area contributed by atoms with E-state index < -0.39 is 22.0 Å². The number of anilines is 2. The van der Waals surface area contributed by atoms with Crippen LogP contribution in [0.25, 0.3) is 0 Å². The number of hydrogen-bond acceptors (Lipinski definition) is 3. The third-order valence-corrected chi connectivity index (χ3v) is 4.91. The fourth-order valence-corrected chi connectivity index (χ4v) is 3.31. The molecule has 1 aromatic rings. The van der Waals surface area contributed by atoms with Crippen molar-refractivity contribution in [3.63, 3.8) is 0 Å². The zero-order valence-electron chi connectivity index (χ0n) is 9.82. The minimum atomic E-state index is -3.69. The van der Waals surface area contributed by atoms with Crippen molar-refractivity contribution in [2.24, 2.45) is 5.92 Å². The Labute approximate surface area is 113 Å². The zero-order valence-corrected chi connectivity index (χ0v) is 11.4. The van der Waals surface area contributed by atoms with Crippen molar-refractivity contribution in [3.05, 3.63) is 16.8 Å². The average Bonchev–Trinajstić information content (AvgIpc) is 2.80. The first-order chi connectivity index (χ1) is 8.71. The van der Waals surface area contributed by atoms with E-state index in [1.807, 2.05) is 0 Å². The zero-order chi connectivity index (χ0) is 14.0. The van der Waals surface area contributed by atoms with E-state index in [0.717, 1.165) is 4.31 Å². The molecule has 1 aromatic heterocycles. The summed E-state index contributed by atoms with van der Waals surface area (Å²) in [4.78, 5) is 3.92. The first-order valence-corrected chi connectivity index (χ1v) is 7.36. The molecular weight excluding hydrogens is 300 g/mol. The number of aromatic nitrogens is 1. The van der Waals surface area contributed by atoms with E-state index in [4.69, 9.17) is 11.6 Å². The lowest BCUT2D eigenvalue weighted by atomic mass is 10.1. The fraction of sp³-hybridized carbons (Fsp3) is 0.500. The maximum absolute atomic E-state index is 13.0. The Morgan fingerprint density at radius 2 is 2.26 bits per heavy atom. The molecular formula is C10H10ClF2N3O2S. The summed E-state index contributed by atoms with van der Waals surface area (Å²) in [6.07, 6.45) is -0.0990. The van der Waals surface area contributed by atoms with Crippen molar-refractivity contribution in [1.29, 1.82) is 0 Å². The van der Waals surface area contributed by atoms with Crippen LogP contribution in [0.5, 0.6) is 0 Å². The summed E-state index contributed by atoms with van der Waals surface area (Å²) >= 11 is 5.81. The van der Waals surface area contributed by atoms with E-state index >= 15 is 0 Å². The lowest BCUT2D eigenvalue weighted by molar-refractivity contribution is 0.0989. The summed E-state index contributed by atoms with van der Waals surface area (Å²) in [5.74, 6) is -3.27.